The standard InChI is InChI=1S/C21H29N6O3S/c1-12(27-14(11-28)7-9-23-27)10-13-4-5-15-17(13)24-19-16(6-8-21(19,2)3)18(15)25-20(29)26-31(22)30/h7,9,12-13,28H,4-6,8,10-11H2,1-3H3,(H3,22,24,25,26,29,30)/q-1. The molecule has 2 aromatic rings. The van der Waals surface area contributed by atoms with Gasteiger partial charge in [0.1, 0.15) is 0 Å². The Morgan fingerprint density at radius 3 is 2.94 bits per heavy atom. The number of hydrogen-bond acceptors (Lipinski definition) is 6. The largest absolute Gasteiger partial charge is 0.430 e. The van der Waals surface area contributed by atoms with Gasteiger partial charge in [-0.25, -0.2) is 4.79 Å². The van der Waals surface area contributed by atoms with Crippen LogP contribution in [-0.4, -0.2) is 25.9 Å². The van der Waals surface area contributed by atoms with Gasteiger partial charge in [-0.05, 0) is 56.2 Å². The van der Waals surface area contributed by atoms with E-state index in [1.165, 1.54) is 0 Å². The second-order valence-corrected chi connectivity index (χ2v) is 9.84. The number of hydrogen-bond donors (Lipinski definition) is 3. The molecule has 9 nitrogen and oxygen atoms in total. The highest BCUT2D eigenvalue weighted by Gasteiger charge is 2.39. The molecule has 2 aliphatic rings. The van der Waals surface area contributed by atoms with Crippen molar-refractivity contribution in [3.05, 3.63) is 40.5 Å². The molecule has 2 amide bonds. The molecular weight excluding hydrogens is 416 g/mol. The van der Waals surface area contributed by atoms with Crippen LogP contribution < -0.4 is 10.5 Å². The first-order valence-electron chi connectivity index (χ1n) is 10.6. The van der Waals surface area contributed by atoms with Gasteiger partial charge in [0.2, 0.25) is 0 Å². The third-order valence-corrected chi connectivity index (χ3v) is 6.91. The average molecular weight is 446 g/mol. The van der Waals surface area contributed by atoms with Gasteiger partial charge in [-0.3, -0.25) is 9.67 Å². The van der Waals surface area contributed by atoms with Crippen LogP contribution in [0.4, 0.5) is 10.5 Å². The third kappa shape index (κ3) is 4.11. The molecule has 4 N–H and O–H groups in total. The zero-order valence-corrected chi connectivity index (χ0v) is 18.9. The molecule has 0 radical (unpaired) electrons. The van der Waals surface area contributed by atoms with Crippen molar-refractivity contribution >= 4 is 22.5 Å². The molecule has 2 aliphatic carbocycles. The number of anilines is 1. The summed E-state index contributed by atoms with van der Waals surface area (Å²) in [4.78, 5) is 17.4. The van der Waals surface area contributed by atoms with E-state index in [-0.39, 0.29) is 24.0 Å². The minimum Gasteiger partial charge on any atom is -0.430 e. The Kier molecular flexibility index (Phi) is 5.89. The smallest absolute Gasteiger partial charge is 0.323 e. The lowest BCUT2D eigenvalue weighted by molar-refractivity contribution is 0.259. The number of urea groups is 1. The number of amides is 2. The lowest BCUT2D eigenvalue weighted by atomic mass is 9.89. The molecule has 2 aromatic heterocycles. The van der Waals surface area contributed by atoms with E-state index in [0.29, 0.717) is 0 Å². The van der Waals surface area contributed by atoms with Gasteiger partial charge in [-0.1, -0.05) is 13.8 Å². The van der Waals surface area contributed by atoms with Crippen molar-refractivity contribution in [3.63, 3.8) is 0 Å². The van der Waals surface area contributed by atoms with Crippen molar-refractivity contribution in [1.29, 1.82) is 0 Å². The van der Waals surface area contributed by atoms with Crippen molar-refractivity contribution in [2.45, 2.75) is 76.9 Å². The number of pyridine rings is 1. The normalized spacial score (nSPS) is 21.0. The summed E-state index contributed by atoms with van der Waals surface area (Å²) in [5.74, 6) is 0.221. The van der Waals surface area contributed by atoms with Crippen molar-refractivity contribution in [2.75, 3.05) is 5.32 Å². The zero-order valence-electron chi connectivity index (χ0n) is 18.1. The van der Waals surface area contributed by atoms with Crippen LogP contribution in [0.15, 0.2) is 16.6 Å². The highest BCUT2D eigenvalue weighted by Crippen LogP contribution is 2.48. The number of nitrogens with one attached hydrogen (secondary N) is 1. The first kappa shape index (κ1) is 21.9. The fourth-order valence-electron chi connectivity index (χ4n) is 5.06. The Bertz CT molecular complexity index is 1100. The number of aliphatic hydroxyl groups is 1. The monoisotopic (exact) mass is 445 g/mol. The van der Waals surface area contributed by atoms with Crippen LogP contribution in [0, 0.1) is 0 Å². The molecular formula is C21H29N6O3S-. The average Bonchev–Trinajstić information content (AvgIpc) is 3.39. The van der Waals surface area contributed by atoms with Crippen LogP contribution in [0.5, 0.6) is 0 Å². The van der Waals surface area contributed by atoms with Gasteiger partial charge in [0.25, 0.3) is 0 Å². The summed E-state index contributed by atoms with van der Waals surface area (Å²) < 4.78 is 16.5. The SMILES string of the molecule is CC(CC1CCc2c1nc1c(c2NC(=O)N=[S-](N)=O)CCC1(C)C)n1nccc1CO. The highest BCUT2D eigenvalue weighted by atomic mass is 32.2. The number of fused-ring (bicyclic) bond motifs is 2. The van der Waals surface area contributed by atoms with E-state index in [0.717, 1.165) is 66.0 Å². The fraction of sp³-hybridized carbons (Fsp3) is 0.571. The molecule has 0 spiro atoms. The number of aromatic nitrogens is 3. The molecule has 0 bridgehead atoms. The van der Waals surface area contributed by atoms with Gasteiger partial charge in [0.15, 0.2) is 0 Å². The van der Waals surface area contributed by atoms with Crippen molar-refractivity contribution in [1.82, 2.24) is 14.8 Å². The second-order valence-electron chi connectivity index (χ2n) is 9.10. The summed E-state index contributed by atoms with van der Waals surface area (Å²) in [7, 11) is -2.05. The Morgan fingerprint density at radius 2 is 2.23 bits per heavy atom. The molecule has 31 heavy (non-hydrogen) atoms. The van der Waals surface area contributed by atoms with E-state index in [2.05, 4.69) is 35.5 Å². The van der Waals surface area contributed by atoms with Gasteiger partial charge in [-0.15, -0.1) is 10.8 Å². The Balaban J connectivity index is 1.71. The lowest BCUT2D eigenvalue weighted by Gasteiger charge is -2.23. The molecule has 0 fully saturated rings. The number of nitrogens with zero attached hydrogens (tertiary/aromatic N) is 4. The van der Waals surface area contributed by atoms with Gasteiger partial charge < -0.3 is 24.1 Å². The van der Waals surface area contributed by atoms with E-state index < -0.39 is 16.8 Å². The molecule has 2 unspecified atom stereocenters. The molecule has 2 atom stereocenters. The topological polar surface area (TPSA) is 135 Å². The van der Waals surface area contributed by atoms with Crippen molar-refractivity contribution in [2.24, 2.45) is 9.50 Å². The van der Waals surface area contributed by atoms with Gasteiger partial charge in [-0.2, -0.15) is 5.10 Å². The van der Waals surface area contributed by atoms with Crippen LogP contribution in [0.3, 0.4) is 0 Å². The van der Waals surface area contributed by atoms with E-state index in [4.69, 9.17) is 10.1 Å². The van der Waals surface area contributed by atoms with E-state index in [1.54, 1.807) is 6.20 Å². The second kappa shape index (κ2) is 8.33. The Morgan fingerprint density at radius 1 is 1.45 bits per heavy atom. The van der Waals surface area contributed by atoms with E-state index in [9.17, 15) is 14.1 Å². The summed E-state index contributed by atoms with van der Waals surface area (Å²) >= 11 is 0. The highest BCUT2D eigenvalue weighted by molar-refractivity contribution is 7.72. The van der Waals surface area contributed by atoms with Gasteiger partial charge in [0, 0.05) is 23.2 Å². The summed E-state index contributed by atoms with van der Waals surface area (Å²) in [5, 5.41) is 22.0. The van der Waals surface area contributed by atoms with Crippen LogP contribution in [0.25, 0.3) is 0 Å². The number of aliphatic hydroxyl groups excluding tert-OH is 1. The number of nitrogens with two attached hydrogens (primary N) is 1. The minimum absolute atomic E-state index is 0.0479. The number of rotatable bonds is 5. The summed E-state index contributed by atoms with van der Waals surface area (Å²) in [6.45, 7) is 6.40. The lowest BCUT2D eigenvalue weighted by Crippen LogP contribution is -2.19. The van der Waals surface area contributed by atoms with Crippen LogP contribution >= 0.6 is 0 Å². The predicted octanol–water partition coefficient (Wildman–Crippen LogP) is 3.23. The van der Waals surface area contributed by atoms with E-state index >= 15 is 0 Å². The maximum absolute atomic E-state index is 12.3. The predicted molar refractivity (Wildman–Crippen MR) is 118 cm³/mol. The quantitative estimate of drug-likeness (QED) is 0.607. The van der Waals surface area contributed by atoms with Crippen LogP contribution in [0.1, 0.15) is 80.2 Å². The molecule has 0 aliphatic heterocycles. The van der Waals surface area contributed by atoms with Crippen LogP contribution in [-0.2, 0) is 39.9 Å². The molecule has 0 saturated heterocycles. The molecule has 2 heterocycles. The first-order valence-corrected chi connectivity index (χ1v) is 11.8. The van der Waals surface area contributed by atoms with E-state index in [1.807, 2.05) is 10.7 Å². The maximum Gasteiger partial charge on any atom is 0.323 e. The third-order valence-electron chi connectivity index (χ3n) is 6.56. The van der Waals surface area contributed by atoms with Gasteiger partial charge >= 0.3 is 6.03 Å². The maximum atomic E-state index is 12.3. The Hall–Kier alpha value is -2.30. The van der Waals surface area contributed by atoms with Crippen molar-refractivity contribution < 1.29 is 14.1 Å². The number of carbonyl (C=O) groups is 1. The first-order chi connectivity index (χ1) is 14.7. The molecule has 168 valence electrons. The summed E-state index contributed by atoms with van der Waals surface area (Å²) in [6, 6.07) is 1.23. The number of carbonyl (C=O) groups excluding carboxylic acids is 1. The zero-order chi connectivity index (χ0) is 22.3. The minimum atomic E-state index is -2.05. The summed E-state index contributed by atoms with van der Waals surface area (Å²) in [6.07, 6.45) is 6.05. The summed E-state index contributed by atoms with van der Waals surface area (Å²) in [5.41, 5.74) is 5.62. The van der Waals surface area contributed by atoms with Crippen molar-refractivity contribution in [3.8, 4) is 0 Å². The molecule has 4 rings (SSSR count). The van der Waals surface area contributed by atoms with Crippen LogP contribution in [0.2, 0.25) is 0 Å². The Labute approximate surface area is 183 Å². The molecule has 10 heteroatoms. The molecule has 0 aromatic carbocycles. The molecule has 0 saturated carbocycles. The van der Waals surface area contributed by atoms with Gasteiger partial charge in [0.05, 0.1) is 29.7 Å². The fourth-order valence-corrected chi connectivity index (χ4v) is 5.27.